The lowest BCUT2D eigenvalue weighted by molar-refractivity contribution is 0.101. The van der Waals surface area contributed by atoms with Gasteiger partial charge in [-0.15, -0.1) is 0 Å². The van der Waals surface area contributed by atoms with E-state index in [1.807, 2.05) is 0 Å². The second-order valence-electron chi connectivity index (χ2n) is 8.17. The minimum Gasteiger partial charge on any atom is -0.437 e. The Morgan fingerprint density at radius 2 is 1.88 bits per heavy atom. The molecular weight excluding hydrogens is 452 g/mol. The van der Waals surface area contributed by atoms with E-state index in [1.54, 1.807) is 49.5 Å². The molecule has 2 heterocycles. The van der Waals surface area contributed by atoms with Crippen molar-refractivity contribution in [3.63, 3.8) is 0 Å². The van der Waals surface area contributed by atoms with Crippen molar-refractivity contribution in [2.24, 2.45) is 5.92 Å². The topological polar surface area (TPSA) is 102 Å². The molecule has 3 aromatic rings. The summed E-state index contributed by atoms with van der Waals surface area (Å²) in [6, 6.07) is 10.1. The highest BCUT2D eigenvalue weighted by Crippen LogP contribution is 2.52. The molecule has 1 saturated carbocycles. The first kappa shape index (κ1) is 21.4. The molecule has 0 spiro atoms. The van der Waals surface area contributed by atoms with Crippen LogP contribution in [0.25, 0.3) is 11.1 Å². The lowest BCUT2D eigenvalue weighted by atomic mass is 10.0. The minimum absolute atomic E-state index is 0.255. The molecule has 1 unspecified atom stereocenters. The van der Waals surface area contributed by atoms with Gasteiger partial charge in [0.2, 0.25) is 5.88 Å². The van der Waals surface area contributed by atoms with E-state index in [0.717, 1.165) is 8.61 Å². The molecule has 11 heteroatoms. The molecule has 2 aliphatic rings. The number of alkyl halides is 2. The smallest absolute Gasteiger partial charge is 0.326 e. The van der Waals surface area contributed by atoms with E-state index >= 15 is 0 Å². The van der Waals surface area contributed by atoms with Crippen LogP contribution in [-0.2, 0) is 10.2 Å². The molecule has 2 N–H and O–H groups in total. The van der Waals surface area contributed by atoms with Gasteiger partial charge < -0.3 is 10.5 Å². The van der Waals surface area contributed by atoms with E-state index < -0.39 is 22.0 Å². The number of ether oxygens (including phenoxy) is 1. The molecule has 0 radical (unpaired) electrons. The monoisotopic (exact) mass is 473 g/mol. The SMILES string of the molecule is Cc1nccnc1Oc1ccc(N)c(-c2ccc3c(c2)N(C)S(=O)(=O)N3CC2CC2(F)F)c1. The molecule has 1 aliphatic carbocycles. The van der Waals surface area contributed by atoms with Crippen LogP contribution in [0.2, 0.25) is 0 Å². The first-order chi connectivity index (χ1) is 15.6. The zero-order valence-electron chi connectivity index (χ0n) is 17.9. The van der Waals surface area contributed by atoms with Crippen LogP contribution in [0.15, 0.2) is 48.8 Å². The van der Waals surface area contributed by atoms with Gasteiger partial charge in [-0.2, -0.15) is 8.42 Å². The molecule has 0 amide bonds. The molecule has 172 valence electrons. The summed E-state index contributed by atoms with van der Waals surface area (Å²) in [7, 11) is -2.53. The normalized spacial score (nSPS) is 19.9. The fraction of sp³-hybridized carbons (Fsp3) is 0.273. The fourth-order valence-corrected chi connectivity index (χ4v) is 5.33. The van der Waals surface area contributed by atoms with Crippen molar-refractivity contribution < 1.29 is 21.9 Å². The van der Waals surface area contributed by atoms with Crippen molar-refractivity contribution in [3.05, 3.63) is 54.5 Å². The van der Waals surface area contributed by atoms with Gasteiger partial charge in [0, 0.05) is 49.6 Å². The average Bonchev–Trinajstić information content (AvgIpc) is 3.34. The summed E-state index contributed by atoms with van der Waals surface area (Å²) in [6.07, 6.45) is 2.80. The average molecular weight is 474 g/mol. The number of nitrogens with zero attached hydrogens (tertiary/aromatic N) is 4. The maximum Gasteiger partial charge on any atom is 0.326 e. The third kappa shape index (κ3) is 3.62. The van der Waals surface area contributed by atoms with Crippen molar-refractivity contribution in [2.75, 3.05) is 27.9 Å². The zero-order valence-corrected chi connectivity index (χ0v) is 18.7. The molecule has 8 nitrogen and oxygen atoms in total. The summed E-state index contributed by atoms with van der Waals surface area (Å²) in [5.74, 6) is -2.93. The third-order valence-corrected chi connectivity index (χ3v) is 7.73. The molecular formula is C22H21F2N5O3S. The Bertz CT molecular complexity index is 1370. The number of nitrogens with two attached hydrogens (primary N) is 1. The molecule has 0 saturated heterocycles. The van der Waals surface area contributed by atoms with Crippen LogP contribution in [0, 0.1) is 12.8 Å². The van der Waals surface area contributed by atoms with Crippen LogP contribution in [-0.4, -0.2) is 37.9 Å². The number of fused-ring (bicyclic) bond motifs is 1. The quantitative estimate of drug-likeness (QED) is 0.563. The number of halogens is 2. The van der Waals surface area contributed by atoms with E-state index in [9.17, 15) is 17.2 Å². The number of benzene rings is 2. The minimum atomic E-state index is -3.93. The van der Waals surface area contributed by atoms with Gasteiger partial charge in [-0.25, -0.2) is 13.8 Å². The molecule has 5 rings (SSSR count). The van der Waals surface area contributed by atoms with Crippen LogP contribution < -0.4 is 19.1 Å². The van der Waals surface area contributed by atoms with Gasteiger partial charge in [0.1, 0.15) is 5.75 Å². The van der Waals surface area contributed by atoms with E-state index in [1.165, 1.54) is 13.2 Å². The Morgan fingerprint density at radius 3 is 2.58 bits per heavy atom. The van der Waals surface area contributed by atoms with Crippen LogP contribution in [0.5, 0.6) is 11.6 Å². The van der Waals surface area contributed by atoms with Crippen molar-refractivity contribution >= 4 is 27.3 Å². The first-order valence-corrected chi connectivity index (χ1v) is 11.6. The zero-order chi connectivity index (χ0) is 23.5. The standard InChI is InChI=1S/C22H21F2N5O3S/c1-13-21(27-8-7-26-13)32-16-4-5-18(25)17(10-16)14-3-6-19-20(9-14)28(2)33(30,31)29(19)12-15-11-22(15,23)24/h3-10,15H,11-12,25H2,1-2H3. The van der Waals surface area contributed by atoms with Gasteiger partial charge in [0.25, 0.3) is 5.92 Å². The highest BCUT2D eigenvalue weighted by atomic mass is 32.2. The Labute approximate surface area is 189 Å². The Balaban J connectivity index is 1.50. The number of hydrogen-bond donors (Lipinski definition) is 1. The Kier molecular flexibility index (Phi) is 4.71. The number of aromatic nitrogens is 2. The van der Waals surface area contributed by atoms with Crippen molar-refractivity contribution in [1.29, 1.82) is 0 Å². The summed E-state index contributed by atoms with van der Waals surface area (Å²) in [5.41, 5.74) is 9.35. The van der Waals surface area contributed by atoms with E-state index in [4.69, 9.17) is 10.5 Å². The molecule has 0 bridgehead atoms. The molecule has 2 aromatic carbocycles. The largest absolute Gasteiger partial charge is 0.437 e. The number of anilines is 3. The molecule has 33 heavy (non-hydrogen) atoms. The lowest BCUT2D eigenvalue weighted by Crippen LogP contribution is -2.37. The maximum absolute atomic E-state index is 13.5. The van der Waals surface area contributed by atoms with Gasteiger partial charge in [0.05, 0.1) is 17.1 Å². The Morgan fingerprint density at radius 1 is 1.15 bits per heavy atom. The second kappa shape index (κ2) is 7.27. The summed E-state index contributed by atoms with van der Waals surface area (Å²) < 4.78 is 60.7. The summed E-state index contributed by atoms with van der Waals surface area (Å²) in [6.45, 7) is 1.52. The van der Waals surface area contributed by atoms with Gasteiger partial charge in [-0.3, -0.25) is 13.6 Å². The van der Waals surface area contributed by atoms with E-state index in [-0.39, 0.29) is 13.0 Å². The highest BCUT2D eigenvalue weighted by Gasteiger charge is 2.59. The summed E-state index contributed by atoms with van der Waals surface area (Å²) >= 11 is 0. The number of hydrogen-bond acceptors (Lipinski definition) is 6. The van der Waals surface area contributed by atoms with Crippen LogP contribution in [0.3, 0.4) is 0 Å². The van der Waals surface area contributed by atoms with Gasteiger partial charge in [0.15, 0.2) is 0 Å². The van der Waals surface area contributed by atoms with E-state index in [0.29, 0.717) is 45.5 Å². The fourth-order valence-electron chi connectivity index (χ4n) is 3.87. The number of rotatable bonds is 5. The maximum atomic E-state index is 13.5. The van der Waals surface area contributed by atoms with E-state index in [2.05, 4.69) is 9.97 Å². The lowest BCUT2D eigenvalue weighted by Gasteiger charge is -2.18. The van der Waals surface area contributed by atoms with Gasteiger partial charge in [-0.1, -0.05) is 6.07 Å². The van der Waals surface area contributed by atoms with Gasteiger partial charge in [-0.05, 0) is 42.8 Å². The summed E-state index contributed by atoms with van der Waals surface area (Å²) in [4.78, 5) is 8.32. The molecule has 1 aromatic heterocycles. The molecule has 1 fully saturated rings. The van der Waals surface area contributed by atoms with Gasteiger partial charge >= 0.3 is 10.2 Å². The summed E-state index contributed by atoms with van der Waals surface area (Å²) in [5, 5.41) is 0. The number of nitrogen functional groups attached to an aromatic ring is 1. The molecule has 1 aliphatic heterocycles. The van der Waals surface area contributed by atoms with Crippen molar-refractivity contribution in [2.45, 2.75) is 19.3 Å². The third-order valence-electron chi connectivity index (χ3n) is 5.94. The molecule has 1 atom stereocenters. The Hall–Kier alpha value is -3.47. The predicted molar refractivity (Wildman–Crippen MR) is 121 cm³/mol. The van der Waals surface area contributed by atoms with Crippen LogP contribution in [0.1, 0.15) is 12.1 Å². The highest BCUT2D eigenvalue weighted by molar-refractivity contribution is 7.94. The predicted octanol–water partition coefficient (Wildman–Crippen LogP) is 3.98. The second-order valence-corrected chi connectivity index (χ2v) is 10.1. The van der Waals surface area contributed by atoms with Crippen molar-refractivity contribution in [3.8, 4) is 22.8 Å². The van der Waals surface area contributed by atoms with Crippen LogP contribution in [0.4, 0.5) is 25.8 Å². The number of aryl methyl sites for hydroxylation is 1. The van der Waals surface area contributed by atoms with Crippen LogP contribution >= 0.6 is 0 Å². The first-order valence-electron chi connectivity index (χ1n) is 10.2. The van der Waals surface area contributed by atoms with Crippen molar-refractivity contribution in [1.82, 2.24) is 9.97 Å².